The number of rotatable bonds is 0. The Kier molecular flexibility index (Phi) is 13.3. The predicted molar refractivity (Wildman–Crippen MR) is 90.9 cm³/mol. The van der Waals surface area contributed by atoms with Crippen molar-refractivity contribution in [3.05, 3.63) is 58.7 Å². The first kappa shape index (κ1) is 28.0. The van der Waals surface area contributed by atoms with Crippen LogP contribution < -0.4 is 24.8 Å². The molecule has 2 aromatic rings. The van der Waals surface area contributed by atoms with Crippen molar-refractivity contribution in [3.63, 3.8) is 0 Å². The van der Waals surface area contributed by atoms with Crippen LogP contribution in [0.2, 0.25) is 0 Å². The van der Waals surface area contributed by atoms with Gasteiger partial charge in [-0.25, -0.2) is 12.1 Å². The Hall–Kier alpha value is 0.150. The molecule has 0 unspecified atom stereocenters. The van der Waals surface area contributed by atoms with Crippen LogP contribution in [0.4, 0.5) is 0 Å². The van der Waals surface area contributed by atoms with Crippen molar-refractivity contribution >= 4 is 0 Å². The van der Waals surface area contributed by atoms with Gasteiger partial charge in [0.2, 0.25) is 0 Å². The number of halogens is 2. The Morgan fingerprint density at radius 1 is 0.652 bits per heavy atom. The van der Waals surface area contributed by atoms with Crippen LogP contribution in [0.5, 0.6) is 0 Å². The molecule has 0 aliphatic rings. The summed E-state index contributed by atoms with van der Waals surface area (Å²) in [6, 6.07) is 13.2. The summed E-state index contributed by atoms with van der Waals surface area (Å²) in [5.74, 6) is 0. The molecule has 128 valence electrons. The number of aryl methyl sites for hydroxylation is 2. The van der Waals surface area contributed by atoms with Crippen molar-refractivity contribution in [3.8, 4) is 0 Å². The van der Waals surface area contributed by atoms with E-state index in [0.717, 1.165) is 0 Å². The molecular formula is C20H30Cl2Hf. The van der Waals surface area contributed by atoms with E-state index in [-0.39, 0.29) is 50.7 Å². The Morgan fingerprint density at radius 2 is 0.913 bits per heavy atom. The van der Waals surface area contributed by atoms with Gasteiger partial charge < -0.3 is 24.8 Å². The fourth-order valence-electron chi connectivity index (χ4n) is 2.06. The topological polar surface area (TPSA) is 0 Å². The first-order valence-corrected chi connectivity index (χ1v) is 7.48. The molecular weight excluding hydrogens is 490 g/mol. The van der Waals surface area contributed by atoms with E-state index in [2.05, 4.69) is 91.8 Å². The summed E-state index contributed by atoms with van der Waals surface area (Å²) in [5, 5.41) is 0. The largest absolute Gasteiger partial charge is 4.00 e. The summed E-state index contributed by atoms with van der Waals surface area (Å²) in [4.78, 5) is 0. The van der Waals surface area contributed by atoms with E-state index in [1.807, 2.05) is 0 Å². The molecule has 0 nitrogen and oxygen atoms in total. The van der Waals surface area contributed by atoms with Crippen molar-refractivity contribution in [1.29, 1.82) is 0 Å². The molecule has 3 heteroatoms. The quantitative estimate of drug-likeness (QED) is 0.340. The Bertz CT molecular complexity index is 486. The van der Waals surface area contributed by atoms with Gasteiger partial charge in [-0.05, 0) is 0 Å². The summed E-state index contributed by atoms with van der Waals surface area (Å²) in [7, 11) is 0. The van der Waals surface area contributed by atoms with Gasteiger partial charge in [0.15, 0.2) is 0 Å². The molecule has 2 aromatic carbocycles. The molecule has 0 aromatic heterocycles. The molecule has 0 spiro atoms. The normalized spacial score (nSPS) is 10.4. The van der Waals surface area contributed by atoms with Gasteiger partial charge in [-0.3, -0.25) is 0 Å². The van der Waals surface area contributed by atoms with Crippen molar-refractivity contribution in [2.24, 2.45) is 0 Å². The van der Waals surface area contributed by atoms with E-state index in [1.54, 1.807) is 0 Å². The minimum absolute atomic E-state index is 0. The molecule has 0 heterocycles. The third-order valence-corrected chi connectivity index (χ3v) is 3.55. The Labute approximate surface area is 174 Å². The van der Waals surface area contributed by atoms with E-state index in [4.69, 9.17) is 0 Å². The predicted octanol–water partition coefficient (Wildman–Crippen LogP) is 0.0283. The van der Waals surface area contributed by atoms with Gasteiger partial charge in [0, 0.05) is 0 Å². The number of hydrogen-bond acceptors (Lipinski definition) is 0. The molecule has 0 fully saturated rings. The second kappa shape index (κ2) is 10.9. The van der Waals surface area contributed by atoms with Gasteiger partial charge in [-0.2, -0.15) is 46.5 Å². The van der Waals surface area contributed by atoms with Gasteiger partial charge >= 0.3 is 25.8 Å². The van der Waals surface area contributed by atoms with Crippen LogP contribution in [-0.4, -0.2) is 0 Å². The SMILES string of the molecule is Cc1cc(C(C)(C)C)c[cH-]1.Cc1cc(C(C)(C)C)c[cH-]1.[Cl-].[Cl-].[Hf+4]. The summed E-state index contributed by atoms with van der Waals surface area (Å²) >= 11 is 0. The van der Waals surface area contributed by atoms with E-state index in [1.165, 1.54) is 22.3 Å². The van der Waals surface area contributed by atoms with Crippen LogP contribution in [0.15, 0.2) is 36.4 Å². The van der Waals surface area contributed by atoms with E-state index in [9.17, 15) is 0 Å². The van der Waals surface area contributed by atoms with Crippen LogP contribution in [-0.2, 0) is 36.7 Å². The van der Waals surface area contributed by atoms with E-state index < -0.39 is 0 Å². The first-order chi connectivity index (χ1) is 9.00. The fourth-order valence-corrected chi connectivity index (χ4v) is 2.06. The molecule has 0 saturated heterocycles. The van der Waals surface area contributed by atoms with Gasteiger partial charge in [0.05, 0.1) is 0 Å². The average Bonchev–Trinajstić information content (AvgIpc) is 2.85. The van der Waals surface area contributed by atoms with Crippen LogP contribution in [0.3, 0.4) is 0 Å². The molecule has 0 saturated carbocycles. The second-order valence-corrected chi connectivity index (χ2v) is 7.85. The zero-order valence-electron chi connectivity index (χ0n) is 15.7. The first-order valence-electron chi connectivity index (χ1n) is 7.48. The van der Waals surface area contributed by atoms with Crippen molar-refractivity contribution < 1.29 is 50.7 Å². The third-order valence-electron chi connectivity index (χ3n) is 3.55. The summed E-state index contributed by atoms with van der Waals surface area (Å²) in [6.07, 6.45) is 0. The molecule has 0 N–H and O–H groups in total. The maximum Gasteiger partial charge on any atom is 4.00 e. The monoisotopic (exact) mass is 520 g/mol. The smallest absolute Gasteiger partial charge is 1.00 e. The van der Waals surface area contributed by atoms with Crippen molar-refractivity contribution in [1.82, 2.24) is 0 Å². The number of hydrogen-bond donors (Lipinski definition) is 0. The van der Waals surface area contributed by atoms with Gasteiger partial charge in [-0.1, -0.05) is 66.2 Å². The summed E-state index contributed by atoms with van der Waals surface area (Å²) in [6.45, 7) is 17.7. The zero-order chi connectivity index (χ0) is 15.6. The van der Waals surface area contributed by atoms with Gasteiger partial charge in [0.25, 0.3) is 0 Å². The standard InChI is InChI=1S/2C10H15.2ClH.Hf/c2*1-8-5-6-9(7-8)10(2,3)4;;;/h2*5-7H,1-4H3;2*1H;/q2*-1;;;+4/p-2. The molecule has 0 aliphatic carbocycles. The molecule has 0 aliphatic heterocycles. The maximum absolute atomic E-state index is 2.25. The minimum Gasteiger partial charge on any atom is -1.00 e. The van der Waals surface area contributed by atoms with E-state index >= 15 is 0 Å². The molecule has 2 rings (SSSR count). The molecule has 0 bridgehead atoms. The van der Waals surface area contributed by atoms with Crippen molar-refractivity contribution in [2.45, 2.75) is 66.2 Å². The van der Waals surface area contributed by atoms with Gasteiger partial charge in [0.1, 0.15) is 0 Å². The zero-order valence-corrected chi connectivity index (χ0v) is 20.8. The summed E-state index contributed by atoms with van der Waals surface area (Å²) < 4.78 is 0. The Morgan fingerprint density at radius 3 is 1.00 bits per heavy atom. The second-order valence-electron chi connectivity index (χ2n) is 7.85. The molecule has 23 heavy (non-hydrogen) atoms. The van der Waals surface area contributed by atoms with E-state index in [0.29, 0.717) is 10.8 Å². The third kappa shape index (κ3) is 9.89. The summed E-state index contributed by atoms with van der Waals surface area (Å²) in [5.41, 5.74) is 6.23. The Balaban J connectivity index is -0.000000308. The minimum atomic E-state index is 0. The fraction of sp³-hybridized carbons (Fsp3) is 0.500. The van der Waals surface area contributed by atoms with Crippen molar-refractivity contribution in [2.75, 3.05) is 0 Å². The van der Waals surface area contributed by atoms with Crippen LogP contribution >= 0.6 is 0 Å². The molecule has 0 radical (unpaired) electrons. The van der Waals surface area contributed by atoms with Crippen LogP contribution in [0.1, 0.15) is 63.8 Å². The average molecular weight is 520 g/mol. The molecule has 0 amide bonds. The van der Waals surface area contributed by atoms with Crippen LogP contribution in [0, 0.1) is 13.8 Å². The maximum atomic E-state index is 2.25. The van der Waals surface area contributed by atoms with Gasteiger partial charge in [-0.15, -0.1) is 0 Å². The van der Waals surface area contributed by atoms with Crippen LogP contribution in [0.25, 0.3) is 0 Å². The molecule has 0 atom stereocenters.